The third-order valence-electron chi connectivity index (χ3n) is 3.22. The fourth-order valence-electron chi connectivity index (χ4n) is 2.28. The van der Waals surface area contributed by atoms with Crippen molar-refractivity contribution in [3.05, 3.63) is 48.0 Å². The molecular formula is C14H12N4O3. The van der Waals surface area contributed by atoms with Crippen molar-refractivity contribution in [3.8, 4) is 0 Å². The predicted octanol–water partition coefficient (Wildman–Crippen LogP) is 1.13. The van der Waals surface area contributed by atoms with Gasteiger partial charge >= 0.3 is 5.97 Å². The smallest absolute Gasteiger partial charge is 0.339 e. The second kappa shape index (κ2) is 5.20. The molecule has 0 unspecified atom stereocenters. The van der Waals surface area contributed by atoms with Crippen molar-refractivity contribution in [1.82, 2.24) is 9.97 Å². The molecule has 2 N–H and O–H groups in total. The number of carbonyl (C=O) groups is 2. The molecule has 1 aliphatic rings. The number of anilines is 2. The molecule has 0 atom stereocenters. The van der Waals surface area contributed by atoms with Crippen molar-refractivity contribution in [1.29, 1.82) is 0 Å². The molecule has 0 fully saturated rings. The van der Waals surface area contributed by atoms with Crippen LogP contribution in [0.5, 0.6) is 0 Å². The molecule has 3 rings (SSSR count). The van der Waals surface area contributed by atoms with E-state index in [2.05, 4.69) is 15.3 Å². The summed E-state index contributed by atoms with van der Waals surface area (Å²) in [5.41, 5.74) is 1.97. The lowest BCUT2D eigenvalue weighted by Crippen LogP contribution is -2.38. The number of benzene rings is 1. The summed E-state index contributed by atoms with van der Waals surface area (Å²) in [6, 6.07) is 7.37. The van der Waals surface area contributed by atoms with Crippen LogP contribution < -0.4 is 10.2 Å². The number of aromatic carboxylic acids is 1. The van der Waals surface area contributed by atoms with E-state index in [1.807, 2.05) is 18.2 Å². The van der Waals surface area contributed by atoms with Crippen LogP contribution in [-0.4, -0.2) is 33.5 Å². The van der Waals surface area contributed by atoms with E-state index in [4.69, 9.17) is 5.11 Å². The molecule has 106 valence electrons. The molecule has 0 aliphatic carbocycles. The van der Waals surface area contributed by atoms with Gasteiger partial charge in [-0.2, -0.15) is 0 Å². The maximum atomic E-state index is 11.7. The van der Waals surface area contributed by atoms with Gasteiger partial charge in [-0.1, -0.05) is 12.1 Å². The fourth-order valence-corrected chi connectivity index (χ4v) is 2.28. The zero-order valence-electron chi connectivity index (χ0n) is 11.0. The van der Waals surface area contributed by atoms with Crippen LogP contribution in [0.3, 0.4) is 0 Å². The van der Waals surface area contributed by atoms with E-state index in [0.717, 1.165) is 5.69 Å². The van der Waals surface area contributed by atoms with Crippen LogP contribution >= 0.6 is 0 Å². The summed E-state index contributed by atoms with van der Waals surface area (Å²) in [5.74, 6) is -1.22. The van der Waals surface area contributed by atoms with E-state index in [-0.39, 0.29) is 24.6 Å². The van der Waals surface area contributed by atoms with Gasteiger partial charge in [-0.3, -0.25) is 4.79 Å². The molecule has 0 saturated heterocycles. The zero-order chi connectivity index (χ0) is 14.8. The Morgan fingerprint density at radius 3 is 3.00 bits per heavy atom. The van der Waals surface area contributed by atoms with Crippen molar-refractivity contribution in [2.24, 2.45) is 0 Å². The first-order valence-corrected chi connectivity index (χ1v) is 6.31. The van der Waals surface area contributed by atoms with Gasteiger partial charge in [-0.05, 0) is 12.1 Å². The third kappa shape index (κ3) is 2.53. The maximum Gasteiger partial charge on any atom is 0.339 e. The predicted molar refractivity (Wildman–Crippen MR) is 75.1 cm³/mol. The Bertz CT molecular complexity index is 717. The van der Waals surface area contributed by atoms with E-state index < -0.39 is 5.97 Å². The summed E-state index contributed by atoms with van der Waals surface area (Å²) in [7, 11) is 0. The SMILES string of the molecule is O=C1CN(Cc2ncncc2C(=O)O)c2ccccc2N1. The number of para-hydroxylation sites is 2. The van der Waals surface area contributed by atoms with E-state index in [1.54, 1.807) is 11.0 Å². The molecule has 1 aliphatic heterocycles. The Morgan fingerprint density at radius 2 is 2.19 bits per heavy atom. The molecule has 1 aromatic heterocycles. The van der Waals surface area contributed by atoms with Crippen LogP contribution in [0.25, 0.3) is 0 Å². The van der Waals surface area contributed by atoms with Crippen molar-refractivity contribution < 1.29 is 14.7 Å². The molecule has 1 aromatic carbocycles. The number of amides is 1. The quantitative estimate of drug-likeness (QED) is 0.877. The van der Waals surface area contributed by atoms with E-state index >= 15 is 0 Å². The summed E-state index contributed by atoms with van der Waals surface area (Å²) in [5, 5.41) is 11.9. The number of rotatable bonds is 3. The van der Waals surface area contributed by atoms with Gasteiger partial charge in [0.25, 0.3) is 0 Å². The molecule has 21 heavy (non-hydrogen) atoms. The zero-order valence-corrected chi connectivity index (χ0v) is 11.0. The highest BCUT2D eigenvalue weighted by Crippen LogP contribution is 2.30. The number of aromatic nitrogens is 2. The number of hydrogen-bond acceptors (Lipinski definition) is 5. The minimum absolute atomic E-state index is 0.0426. The number of nitrogens with one attached hydrogen (secondary N) is 1. The number of hydrogen-bond donors (Lipinski definition) is 2. The van der Waals surface area contributed by atoms with Gasteiger partial charge in [0.15, 0.2) is 0 Å². The van der Waals surface area contributed by atoms with Crippen LogP contribution in [-0.2, 0) is 11.3 Å². The lowest BCUT2D eigenvalue weighted by Gasteiger charge is -2.30. The Balaban J connectivity index is 1.96. The molecule has 7 nitrogen and oxygen atoms in total. The van der Waals surface area contributed by atoms with Gasteiger partial charge in [0.1, 0.15) is 11.9 Å². The molecule has 0 spiro atoms. The largest absolute Gasteiger partial charge is 0.478 e. The second-order valence-electron chi connectivity index (χ2n) is 4.61. The Labute approximate surface area is 120 Å². The lowest BCUT2D eigenvalue weighted by molar-refractivity contribution is -0.115. The van der Waals surface area contributed by atoms with Crippen LogP contribution in [0.2, 0.25) is 0 Å². The molecule has 2 aromatic rings. The topological polar surface area (TPSA) is 95.4 Å². The maximum absolute atomic E-state index is 11.7. The minimum atomic E-state index is -1.08. The normalized spacial score (nSPS) is 13.5. The monoisotopic (exact) mass is 284 g/mol. The highest BCUT2D eigenvalue weighted by Gasteiger charge is 2.23. The van der Waals surface area contributed by atoms with Crippen LogP contribution in [0.4, 0.5) is 11.4 Å². The van der Waals surface area contributed by atoms with Gasteiger partial charge in [0, 0.05) is 6.20 Å². The Hall–Kier alpha value is -2.96. The third-order valence-corrected chi connectivity index (χ3v) is 3.22. The first-order valence-electron chi connectivity index (χ1n) is 6.31. The van der Waals surface area contributed by atoms with Crippen LogP contribution in [0.15, 0.2) is 36.8 Å². The van der Waals surface area contributed by atoms with Crippen molar-refractivity contribution >= 4 is 23.3 Å². The first kappa shape index (κ1) is 13.0. The second-order valence-corrected chi connectivity index (χ2v) is 4.61. The Morgan fingerprint density at radius 1 is 1.38 bits per heavy atom. The summed E-state index contributed by atoms with van der Waals surface area (Å²) in [6.45, 7) is 0.384. The van der Waals surface area contributed by atoms with Gasteiger partial charge in [0.2, 0.25) is 5.91 Å². The first-order chi connectivity index (χ1) is 10.1. The number of carboxylic acids is 1. The van der Waals surface area contributed by atoms with Gasteiger partial charge in [-0.25, -0.2) is 14.8 Å². The lowest BCUT2D eigenvalue weighted by atomic mass is 10.1. The van der Waals surface area contributed by atoms with Crippen molar-refractivity contribution in [2.45, 2.75) is 6.54 Å². The van der Waals surface area contributed by atoms with Crippen LogP contribution in [0.1, 0.15) is 16.1 Å². The molecule has 2 heterocycles. The summed E-state index contributed by atoms with van der Waals surface area (Å²) >= 11 is 0. The molecule has 0 bridgehead atoms. The van der Waals surface area contributed by atoms with E-state index in [0.29, 0.717) is 11.4 Å². The number of fused-ring (bicyclic) bond motifs is 1. The minimum Gasteiger partial charge on any atom is -0.478 e. The summed E-state index contributed by atoms with van der Waals surface area (Å²) in [6.07, 6.45) is 2.57. The average Bonchev–Trinajstić information content (AvgIpc) is 2.47. The van der Waals surface area contributed by atoms with Gasteiger partial charge in [0.05, 0.1) is 30.2 Å². The van der Waals surface area contributed by atoms with E-state index in [1.165, 1.54) is 12.5 Å². The highest BCUT2D eigenvalue weighted by atomic mass is 16.4. The van der Waals surface area contributed by atoms with Gasteiger partial charge in [-0.15, -0.1) is 0 Å². The molecule has 7 heteroatoms. The number of nitrogens with zero attached hydrogens (tertiary/aromatic N) is 3. The van der Waals surface area contributed by atoms with Crippen molar-refractivity contribution in [2.75, 3.05) is 16.8 Å². The summed E-state index contributed by atoms with van der Waals surface area (Å²) < 4.78 is 0. The standard InChI is InChI=1S/C14H12N4O3/c19-13-7-18(12-4-2-1-3-10(12)17-13)6-11-9(14(20)21)5-15-8-16-11/h1-5,8H,6-7H2,(H,17,19)(H,20,21). The number of carbonyl (C=O) groups excluding carboxylic acids is 1. The molecule has 0 saturated carbocycles. The highest BCUT2D eigenvalue weighted by molar-refractivity contribution is 6.01. The molecule has 1 amide bonds. The fraction of sp³-hybridized carbons (Fsp3) is 0.143. The Kier molecular flexibility index (Phi) is 3.23. The molecular weight excluding hydrogens is 272 g/mol. The van der Waals surface area contributed by atoms with Gasteiger partial charge < -0.3 is 15.3 Å². The average molecular weight is 284 g/mol. The summed E-state index contributed by atoms with van der Waals surface area (Å²) in [4.78, 5) is 32.5. The number of carboxylic acid groups (broad SMARTS) is 1. The van der Waals surface area contributed by atoms with Crippen LogP contribution in [0, 0.1) is 0 Å². The molecule has 0 radical (unpaired) electrons. The van der Waals surface area contributed by atoms with Crippen molar-refractivity contribution in [3.63, 3.8) is 0 Å². The van der Waals surface area contributed by atoms with E-state index in [9.17, 15) is 9.59 Å².